The van der Waals surface area contributed by atoms with Gasteiger partial charge in [0.15, 0.2) is 18.1 Å². The van der Waals surface area contributed by atoms with Crippen molar-refractivity contribution in [3.63, 3.8) is 0 Å². The predicted molar refractivity (Wildman–Crippen MR) is 115 cm³/mol. The van der Waals surface area contributed by atoms with Gasteiger partial charge < -0.3 is 19.1 Å². The molecular weight excluding hydrogens is 397 g/mol. The minimum atomic E-state index is -0.403. The largest absolute Gasteiger partial charge is 0.493 e. The zero-order chi connectivity index (χ0) is 21.8. The molecule has 0 saturated heterocycles. The molecule has 0 spiro atoms. The van der Waals surface area contributed by atoms with Crippen molar-refractivity contribution >= 4 is 5.91 Å². The smallest absolute Gasteiger partial charge is 0.261 e. The van der Waals surface area contributed by atoms with E-state index < -0.39 is 5.82 Å². The summed E-state index contributed by atoms with van der Waals surface area (Å²) < 4.78 is 30.0. The average molecular weight is 421 g/mol. The third-order valence-electron chi connectivity index (χ3n) is 5.47. The minimum absolute atomic E-state index is 0.168. The highest BCUT2D eigenvalue weighted by molar-refractivity contribution is 5.79. The number of hydrogen-bond acceptors (Lipinski definition) is 4. The fraction of sp³-hybridized carbons (Fsp3) is 0.240. The van der Waals surface area contributed by atoms with Crippen molar-refractivity contribution in [3.8, 4) is 17.2 Å². The lowest BCUT2D eigenvalue weighted by Crippen LogP contribution is -2.43. The van der Waals surface area contributed by atoms with Gasteiger partial charge in [-0.05, 0) is 47.4 Å². The van der Waals surface area contributed by atoms with E-state index in [4.69, 9.17) is 14.2 Å². The van der Waals surface area contributed by atoms with E-state index >= 15 is 0 Å². The molecule has 3 aromatic rings. The van der Waals surface area contributed by atoms with Crippen LogP contribution in [0.4, 0.5) is 4.39 Å². The van der Waals surface area contributed by atoms with Crippen molar-refractivity contribution in [2.75, 3.05) is 27.4 Å². The van der Waals surface area contributed by atoms with Crippen LogP contribution in [0.2, 0.25) is 0 Å². The van der Waals surface area contributed by atoms with Crippen molar-refractivity contribution in [1.82, 2.24) is 4.90 Å². The summed E-state index contributed by atoms with van der Waals surface area (Å²) >= 11 is 0. The Bertz CT molecular complexity index is 1070. The average Bonchev–Trinajstić information content (AvgIpc) is 2.81. The van der Waals surface area contributed by atoms with Crippen LogP contribution in [0.25, 0.3) is 0 Å². The van der Waals surface area contributed by atoms with E-state index in [0.717, 1.165) is 16.7 Å². The molecule has 0 radical (unpaired) electrons. The quantitative estimate of drug-likeness (QED) is 0.592. The predicted octanol–water partition coefficient (Wildman–Crippen LogP) is 4.40. The van der Waals surface area contributed by atoms with Crippen LogP contribution in [-0.4, -0.2) is 38.2 Å². The molecule has 0 saturated carbocycles. The van der Waals surface area contributed by atoms with E-state index in [1.165, 1.54) is 12.1 Å². The molecule has 0 aliphatic carbocycles. The number of ether oxygens (including phenoxy) is 3. The highest BCUT2D eigenvalue weighted by Crippen LogP contribution is 2.41. The second-order valence-electron chi connectivity index (χ2n) is 7.30. The molecule has 0 bridgehead atoms. The monoisotopic (exact) mass is 421 g/mol. The van der Waals surface area contributed by atoms with E-state index in [-0.39, 0.29) is 18.6 Å². The third-order valence-corrected chi connectivity index (χ3v) is 5.47. The summed E-state index contributed by atoms with van der Waals surface area (Å²) in [5.41, 5.74) is 3.10. The summed E-state index contributed by atoms with van der Waals surface area (Å²) in [4.78, 5) is 15.0. The molecule has 1 aliphatic rings. The minimum Gasteiger partial charge on any atom is -0.493 e. The number of carbonyl (C=O) groups excluding carboxylic acids is 1. The number of amides is 1. The zero-order valence-electron chi connectivity index (χ0n) is 17.5. The number of hydrogen-bond donors (Lipinski definition) is 0. The molecule has 6 heteroatoms. The van der Waals surface area contributed by atoms with Gasteiger partial charge in [0.05, 0.1) is 20.3 Å². The number of carbonyl (C=O) groups is 1. The Morgan fingerprint density at radius 3 is 2.45 bits per heavy atom. The first-order valence-corrected chi connectivity index (χ1v) is 10.1. The lowest BCUT2D eigenvalue weighted by atomic mass is 9.87. The van der Waals surface area contributed by atoms with Gasteiger partial charge in [-0.2, -0.15) is 0 Å². The van der Waals surface area contributed by atoms with Crippen molar-refractivity contribution in [2.24, 2.45) is 0 Å². The van der Waals surface area contributed by atoms with Crippen molar-refractivity contribution in [3.05, 3.63) is 89.2 Å². The SMILES string of the molecule is COc1cc2c(cc1OC)[C@H](c1ccccc1)N(C(=O)COc1cccc(F)c1)CC2. The Morgan fingerprint density at radius 2 is 1.74 bits per heavy atom. The second-order valence-corrected chi connectivity index (χ2v) is 7.30. The molecule has 5 nitrogen and oxygen atoms in total. The lowest BCUT2D eigenvalue weighted by Gasteiger charge is -2.38. The van der Waals surface area contributed by atoms with E-state index in [1.807, 2.05) is 47.4 Å². The molecular formula is C25H24FNO4. The standard InChI is InChI=1S/C25H24FNO4/c1-29-22-13-18-11-12-27(24(28)16-31-20-10-6-9-19(26)14-20)25(17-7-4-3-5-8-17)21(18)15-23(22)30-2/h3-10,13-15,25H,11-12,16H2,1-2H3/t25-/m0/s1. The van der Waals surface area contributed by atoms with Gasteiger partial charge in [-0.3, -0.25) is 4.79 Å². The van der Waals surface area contributed by atoms with Crippen LogP contribution in [0.3, 0.4) is 0 Å². The first-order chi connectivity index (χ1) is 15.1. The Kier molecular flexibility index (Phi) is 6.07. The van der Waals surface area contributed by atoms with Crippen LogP contribution in [-0.2, 0) is 11.2 Å². The van der Waals surface area contributed by atoms with Gasteiger partial charge in [0.25, 0.3) is 5.91 Å². The molecule has 0 aromatic heterocycles. The number of fused-ring (bicyclic) bond motifs is 1. The number of halogens is 1. The van der Waals surface area contributed by atoms with Gasteiger partial charge >= 0.3 is 0 Å². The van der Waals surface area contributed by atoms with Gasteiger partial charge in [0, 0.05) is 12.6 Å². The summed E-state index contributed by atoms with van der Waals surface area (Å²) in [6, 6.07) is 19.3. The van der Waals surface area contributed by atoms with Crippen molar-refractivity contribution in [2.45, 2.75) is 12.5 Å². The summed E-state index contributed by atoms with van der Waals surface area (Å²) in [6.45, 7) is 0.364. The topological polar surface area (TPSA) is 48.0 Å². The molecule has 4 rings (SSSR count). The van der Waals surface area contributed by atoms with Crippen LogP contribution in [0.5, 0.6) is 17.2 Å². The van der Waals surface area contributed by atoms with Crippen LogP contribution in [0.15, 0.2) is 66.7 Å². The first kappa shape index (κ1) is 20.7. The maximum atomic E-state index is 13.4. The highest BCUT2D eigenvalue weighted by Gasteiger charge is 2.33. The van der Waals surface area contributed by atoms with E-state index in [2.05, 4.69) is 0 Å². The van der Waals surface area contributed by atoms with E-state index in [1.54, 1.807) is 26.4 Å². The molecule has 3 aromatic carbocycles. The van der Waals surface area contributed by atoms with Crippen LogP contribution in [0, 0.1) is 5.82 Å². The van der Waals surface area contributed by atoms with E-state index in [9.17, 15) is 9.18 Å². The summed E-state index contributed by atoms with van der Waals surface area (Å²) in [7, 11) is 3.21. The molecule has 1 aliphatic heterocycles. The number of benzene rings is 3. The Labute approximate surface area is 181 Å². The fourth-order valence-electron chi connectivity index (χ4n) is 3.99. The van der Waals surface area contributed by atoms with Crippen molar-refractivity contribution < 1.29 is 23.4 Å². The molecule has 160 valence electrons. The third kappa shape index (κ3) is 4.33. The van der Waals surface area contributed by atoms with Gasteiger partial charge in [0.2, 0.25) is 0 Å². The van der Waals surface area contributed by atoms with Gasteiger partial charge in [-0.1, -0.05) is 36.4 Å². The van der Waals surface area contributed by atoms with Crippen LogP contribution < -0.4 is 14.2 Å². The van der Waals surface area contributed by atoms with Crippen molar-refractivity contribution in [1.29, 1.82) is 0 Å². The number of rotatable bonds is 6. The number of methoxy groups -OCH3 is 2. The van der Waals surface area contributed by atoms with Gasteiger partial charge in [-0.15, -0.1) is 0 Å². The second kappa shape index (κ2) is 9.08. The lowest BCUT2D eigenvalue weighted by molar-refractivity contribution is -0.135. The highest BCUT2D eigenvalue weighted by atomic mass is 19.1. The Hall–Kier alpha value is -3.54. The molecule has 1 amide bonds. The maximum Gasteiger partial charge on any atom is 0.261 e. The number of nitrogens with zero attached hydrogens (tertiary/aromatic N) is 1. The van der Waals surface area contributed by atoms with Gasteiger partial charge in [0.1, 0.15) is 11.6 Å². The Balaban J connectivity index is 1.67. The molecule has 31 heavy (non-hydrogen) atoms. The molecule has 0 N–H and O–H groups in total. The fourth-order valence-corrected chi connectivity index (χ4v) is 3.99. The summed E-state index contributed by atoms with van der Waals surface area (Å²) in [6.07, 6.45) is 0.685. The first-order valence-electron chi connectivity index (χ1n) is 10.1. The molecule has 0 unspecified atom stereocenters. The normalized spacial score (nSPS) is 15.2. The van der Waals surface area contributed by atoms with Crippen LogP contribution in [0.1, 0.15) is 22.7 Å². The molecule has 1 atom stereocenters. The summed E-state index contributed by atoms with van der Waals surface area (Å²) in [5, 5.41) is 0. The Morgan fingerprint density at radius 1 is 1.00 bits per heavy atom. The van der Waals surface area contributed by atoms with Gasteiger partial charge in [-0.25, -0.2) is 4.39 Å². The van der Waals surface area contributed by atoms with E-state index in [0.29, 0.717) is 30.2 Å². The van der Waals surface area contributed by atoms with Crippen LogP contribution >= 0.6 is 0 Å². The summed E-state index contributed by atoms with van der Waals surface area (Å²) in [5.74, 6) is 1.04. The zero-order valence-corrected chi connectivity index (χ0v) is 17.5. The maximum absolute atomic E-state index is 13.4. The molecule has 0 fully saturated rings. The molecule has 1 heterocycles.